The summed E-state index contributed by atoms with van der Waals surface area (Å²) in [7, 11) is -3.84. The number of thiophene rings is 1. The number of rotatable bonds is 3. The molecule has 1 aromatic carbocycles. The highest BCUT2D eigenvalue weighted by atomic mass is 79.9. The highest BCUT2D eigenvalue weighted by molar-refractivity contribution is 9.11. The number of nitriles is 1. The third-order valence-corrected chi connectivity index (χ3v) is 7.83. The van der Waals surface area contributed by atoms with E-state index < -0.39 is 15.9 Å². The summed E-state index contributed by atoms with van der Waals surface area (Å²) in [6, 6.07) is 11.9. The van der Waals surface area contributed by atoms with Gasteiger partial charge in [-0.05, 0) is 65.2 Å². The Morgan fingerprint density at radius 1 is 1.17 bits per heavy atom. The van der Waals surface area contributed by atoms with Crippen molar-refractivity contribution in [2.75, 3.05) is 4.90 Å². The Morgan fingerprint density at radius 3 is 2.43 bits per heavy atom. The SMILES string of the molecule is N#CC1=C(N)N(c2ccc(S(N)(=O)=O)cc2)C2=C(C(=O)CCC2)[C@H]1c1ccc(Br)s1. The molecule has 0 bridgehead atoms. The first-order valence-electron chi connectivity index (χ1n) is 9.06. The number of carbonyl (C=O) groups excluding carboxylic acids is 1. The van der Waals surface area contributed by atoms with Gasteiger partial charge in [-0.1, -0.05) is 0 Å². The van der Waals surface area contributed by atoms with E-state index in [1.165, 1.54) is 23.5 Å². The third-order valence-electron chi connectivity index (χ3n) is 5.22. The van der Waals surface area contributed by atoms with Gasteiger partial charge in [0.05, 0.1) is 26.2 Å². The summed E-state index contributed by atoms with van der Waals surface area (Å²) in [5.41, 5.74) is 8.67. The zero-order valence-electron chi connectivity index (χ0n) is 15.6. The Labute approximate surface area is 186 Å². The van der Waals surface area contributed by atoms with E-state index in [-0.39, 0.29) is 16.5 Å². The van der Waals surface area contributed by atoms with Crippen LogP contribution >= 0.6 is 27.3 Å². The largest absolute Gasteiger partial charge is 0.384 e. The Bertz CT molecular complexity index is 1250. The van der Waals surface area contributed by atoms with Gasteiger partial charge in [0.2, 0.25) is 10.0 Å². The molecule has 0 fully saturated rings. The van der Waals surface area contributed by atoms with Crippen molar-refractivity contribution in [1.82, 2.24) is 0 Å². The molecule has 0 saturated carbocycles. The maximum atomic E-state index is 13.0. The second-order valence-electron chi connectivity index (χ2n) is 7.00. The van der Waals surface area contributed by atoms with Crippen molar-refractivity contribution in [3.63, 3.8) is 0 Å². The molecule has 0 saturated heterocycles. The summed E-state index contributed by atoms with van der Waals surface area (Å²) in [6.45, 7) is 0. The van der Waals surface area contributed by atoms with Crippen molar-refractivity contribution in [2.45, 2.75) is 30.1 Å². The third kappa shape index (κ3) is 3.48. The number of ketones is 1. The quantitative estimate of drug-likeness (QED) is 0.657. The van der Waals surface area contributed by atoms with Crippen LogP contribution in [0.3, 0.4) is 0 Å². The predicted octanol–water partition coefficient (Wildman–Crippen LogP) is 3.46. The molecule has 10 heteroatoms. The minimum atomic E-state index is -3.84. The van der Waals surface area contributed by atoms with E-state index >= 15 is 0 Å². The lowest BCUT2D eigenvalue weighted by atomic mass is 9.78. The highest BCUT2D eigenvalue weighted by Gasteiger charge is 2.40. The average molecular weight is 505 g/mol. The number of primary sulfonamides is 1. The van der Waals surface area contributed by atoms with Crippen LogP contribution in [0.25, 0.3) is 0 Å². The van der Waals surface area contributed by atoms with Crippen molar-refractivity contribution in [3.05, 3.63) is 67.7 Å². The zero-order chi connectivity index (χ0) is 21.6. The van der Waals surface area contributed by atoms with Gasteiger partial charge in [0.1, 0.15) is 5.82 Å². The molecule has 154 valence electrons. The van der Waals surface area contributed by atoms with E-state index in [9.17, 15) is 18.5 Å². The van der Waals surface area contributed by atoms with Gasteiger partial charge in [0, 0.05) is 28.3 Å². The van der Waals surface area contributed by atoms with Crippen molar-refractivity contribution >= 4 is 48.8 Å². The number of hydrogen-bond donors (Lipinski definition) is 2. The first-order valence-corrected chi connectivity index (χ1v) is 12.2. The Morgan fingerprint density at radius 2 is 1.87 bits per heavy atom. The van der Waals surface area contributed by atoms with E-state index in [2.05, 4.69) is 22.0 Å². The molecule has 2 aliphatic rings. The van der Waals surface area contributed by atoms with E-state index in [4.69, 9.17) is 10.9 Å². The number of sulfonamides is 1. The van der Waals surface area contributed by atoms with Crippen LogP contribution in [0.4, 0.5) is 5.69 Å². The average Bonchev–Trinajstić information content (AvgIpc) is 3.13. The molecule has 4 rings (SSSR count). The molecular weight excluding hydrogens is 488 g/mol. The standard InChI is InChI=1S/C20H17BrN4O3S2/c21-17-9-8-16(29-17)18-13(10-22)20(23)25(14-2-1-3-15(26)19(14)18)11-4-6-12(7-5-11)30(24,27)28/h4-9,18H,1-3,23H2,(H2,24,27,28)/t18-/m1/s1. The Kier molecular flexibility index (Phi) is 5.32. The number of carbonyl (C=O) groups is 1. The molecule has 30 heavy (non-hydrogen) atoms. The van der Waals surface area contributed by atoms with E-state index in [0.717, 1.165) is 14.4 Å². The molecule has 0 amide bonds. The fraction of sp³-hybridized carbons (Fsp3) is 0.200. The van der Waals surface area contributed by atoms with Crippen LogP contribution in [0.2, 0.25) is 0 Å². The first-order chi connectivity index (χ1) is 14.2. The lowest BCUT2D eigenvalue weighted by molar-refractivity contribution is -0.116. The van der Waals surface area contributed by atoms with Gasteiger partial charge in [-0.2, -0.15) is 5.26 Å². The van der Waals surface area contributed by atoms with Crippen LogP contribution < -0.4 is 15.8 Å². The summed E-state index contributed by atoms with van der Waals surface area (Å²) in [4.78, 5) is 15.5. The van der Waals surface area contributed by atoms with Crippen LogP contribution in [0, 0.1) is 11.3 Å². The van der Waals surface area contributed by atoms with Crippen molar-refractivity contribution in [1.29, 1.82) is 5.26 Å². The number of anilines is 1. The molecular formula is C20H17BrN4O3S2. The lowest BCUT2D eigenvalue weighted by Crippen LogP contribution is -2.38. The number of Topliss-reactive ketones (excluding diaryl/α,β-unsaturated/α-hetero) is 1. The molecule has 2 aromatic rings. The summed E-state index contributed by atoms with van der Waals surface area (Å²) in [5, 5.41) is 15.1. The molecule has 0 radical (unpaired) electrons. The number of nitrogens with zero attached hydrogens (tertiary/aromatic N) is 2. The summed E-state index contributed by atoms with van der Waals surface area (Å²) in [5.74, 6) is -0.268. The minimum absolute atomic E-state index is 0.00261. The number of hydrogen-bond acceptors (Lipinski definition) is 7. The summed E-state index contributed by atoms with van der Waals surface area (Å²) < 4.78 is 24.1. The van der Waals surface area contributed by atoms with Crippen molar-refractivity contribution < 1.29 is 13.2 Å². The molecule has 1 aliphatic carbocycles. The summed E-state index contributed by atoms with van der Waals surface area (Å²) >= 11 is 4.91. The summed E-state index contributed by atoms with van der Waals surface area (Å²) in [6.07, 6.45) is 1.72. The van der Waals surface area contributed by atoms with Gasteiger partial charge in [0.15, 0.2) is 5.78 Å². The van der Waals surface area contributed by atoms with Gasteiger partial charge in [-0.25, -0.2) is 13.6 Å². The predicted molar refractivity (Wildman–Crippen MR) is 118 cm³/mol. The molecule has 1 atom stereocenters. The molecule has 0 spiro atoms. The topological polar surface area (TPSA) is 130 Å². The van der Waals surface area contributed by atoms with E-state index in [1.807, 2.05) is 12.1 Å². The van der Waals surface area contributed by atoms with E-state index in [0.29, 0.717) is 36.1 Å². The Hall–Kier alpha value is -2.45. The minimum Gasteiger partial charge on any atom is -0.384 e. The molecule has 7 nitrogen and oxygen atoms in total. The van der Waals surface area contributed by atoms with Crippen molar-refractivity contribution in [3.8, 4) is 6.07 Å². The fourth-order valence-electron chi connectivity index (χ4n) is 3.93. The monoisotopic (exact) mass is 504 g/mol. The maximum absolute atomic E-state index is 13.0. The second-order valence-corrected chi connectivity index (χ2v) is 11.1. The first kappa shape index (κ1) is 20.8. The molecule has 1 aliphatic heterocycles. The number of allylic oxidation sites excluding steroid dienone is 3. The van der Waals surface area contributed by atoms with Crippen LogP contribution in [0.15, 0.2) is 67.7 Å². The fourth-order valence-corrected chi connectivity index (χ4v) is 5.99. The number of benzene rings is 1. The van der Waals surface area contributed by atoms with Gasteiger partial charge in [0.25, 0.3) is 0 Å². The van der Waals surface area contributed by atoms with Gasteiger partial charge in [-0.15, -0.1) is 11.3 Å². The van der Waals surface area contributed by atoms with Gasteiger partial charge in [-0.3, -0.25) is 9.69 Å². The molecule has 0 unspecified atom stereocenters. The van der Waals surface area contributed by atoms with Crippen LogP contribution in [0.5, 0.6) is 0 Å². The van der Waals surface area contributed by atoms with Gasteiger partial charge >= 0.3 is 0 Å². The Balaban J connectivity index is 1.92. The number of halogens is 1. The van der Waals surface area contributed by atoms with Crippen LogP contribution in [0.1, 0.15) is 30.1 Å². The molecule has 2 heterocycles. The van der Waals surface area contributed by atoms with Crippen molar-refractivity contribution in [2.24, 2.45) is 10.9 Å². The lowest BCUT2D eigenvalue weighted by Gasteiger charge is -2.39. The molecule has 1 aromatic heterocycles. The van der Waals surface area contributed by atoms with Crippen LogP contribution in [-0.4, -0.2) is 14.2 Å². The zero-order valence-corrected chi connectivity index (χ0v) is 18.9. The maximum Gasteiger partial charge on any atom is 0.238 e. The van der Waals surface area contributed by atoms with E-state index in [1.54, 1.807) is 17.0 Å². The normalized spacial score (nSPS) is 19.7. The molecule has 4 N–H and O–H groups in total. The van der Waals surface area contributed by atoms with Gasteiger partial charge < -0.3 is 5.73 Å². The highest BCUT2D eigenvalue weighted by Crippen LogP contribution is 2.48. The number of nitrogens with two attached hydrogens (primary N) is 2. The van der Waals surface area contributed by atoms with Crippen LogP contribution in [-0.2, 0) is 14.8 Å². The smallest absolute Gasteiger partial charge is 0.238 e. The second kappa shape index (κ2) is 7.67.